The van der Waals surface area contributed by atoms with Crippen molar-refractivity contribution in [3.63, 3.8) is 0 Å². The van der Waals surface area contributed by atoms with Crippen molar-refractivity contribution < 1.29 is 42.0 Å². The van der Waals surface area contributed by atoms with Gasteiger partial charge in [0.2, 0.25) is 0 Å². The third-order valence-electron chi connectivity index (χ3n) is 0.632. The van der Waals surface area contributed by atoms with Gasteiger partial charge in [-0.15, -0.1) is 0 Å². The molecule has 0 rings (SSSR count). The Kier molecular flexibility index (Phi) is 11.4. The predicted molar refractivity (Wildman–Crippen MR) is 26.6 cm³/mol. The van der Waals surface area contributed by atoms with Gasteiger partial charge in [-0.3, -0.25) is 0 Å². The third kappa shape index (κ3) is 9.38. The third-order valence-corrected chi connectivity index (χ3v) is 0.632. The molecule has 0 saturated carbocycles. The summed E-state index contributed by atoms with van der Waals surface area (Å²) in [5, 5.41) is 27.3. The van der Waals surface area contributed by atoms with Crippen molar-refractivity contribution in [2.24, 2.45) is 0 Å². The number of hydrogen-bond acceptors (Lipinski definition) is 5. The number of hydrogen-bond donors (Lipinski definition) is 2. The van der Waals surface area contributed by atoms with Crippen molar-refractivity contribution in [2.75, 3.05) is 0 Å². The summed E-state index contributed by atoms with van der Waals surface area (Å²) >= 11 is 0. The van der Waals surface area contributed by atoms with Crippen LogP contribution in [-0.2, 0) is 26.7 Å². The molecule has 0 aromatic rings. The Balaban J connectivity index is -0.000000320. The zero-order chi connectivity index (χ0) is 7.44. The summed E-state index contributed by atoms with van der Waals surface area (Å²) in [7, 11) is 0. The molecule has 0 spiro atoms. The van der Waals surface area contributed by atoms with E-state index in [2.05, 4.69) is 0 Å². The molecule has 68 valence electrons. The molecule has 5 N–H and O–H groups in total. The van der Waals surface area contributed by atoms with Crippen LogP contribution in [0.2, 0.25) is 0 Å². The van der Waals surface area contributed by atoms with E-state index in [0.717, 1.165) is 0 Å². The second-order valence-corrected chi connectivity index (χ2v) is 1.41. The van der Waals surface area contributed by atoms with E-state index in [-0.39, 0.29) is 23.2 Å². The Hall–Kier alpha value is -0.621. The maximum absolute atomic E-state index is 9.58. The molecule has 0 aromatic carbocycles. The van der Waals surface area contributed by atoms with Crippen molar-refractivity contribution in [1.82, 2.24) is 6.15 Å². The average Bonchev–Trinajstić information content (AvgIpc) is 1.63. The molecule has 7 heteroatoms. The number of carboxylic acids is 2. The van der Waals surface area contributed by atoms with Gasteiger partial charge in [-0.2, -0.15) is 0 Å². The molecule has 1 unspecified atom stereocenters. The monoisotopic (exact) mass is 206 g/mol. The zero-order valence-corrected chi connectivity index (χ0v) is 6.82. The molecule has 11 heavy (non-hydrogen) atoms. The van der Waals surface area contributed by atoms with Gasteiger partial charge in [0.15, 0.2) is 0 Å². The normalized spacial score (nSPS) is 10.3. The molecule has 0 radical (unpaired) electrons. The first kappa shape index (κ1) is 16.8. The Labute approximate surface area is 73.3 Å². The maximum atomic E-state index is 9.58. The first-order valence-electron chi connectivity index (χ1n) is 2.13. The smallest absolute Gasteiger partial charge is 0.0985 e. The van der Waals surface area contributed by atoms with E-state index in [4.69, 9.17) is 5.11 Å². The van der Waals surface area contributed by atoms with Gasteiger partial charge < -0.3 is 31.1 Å². The van der Waals surface area contributed by atoms with Gasteiger partial charge in [-0.1, -0.05) is 0 Å². The second-order valence-electron chi connectivity index (χ2n) is 1.41. The van der Waals surface area contributed by atoms with Crippen LogP contribution in [0.15, 0.2) is 0 Å². The Morgan fingerprint density at radius 2 is 1.73 bits per heavy atom. The summed E-state index contributed by atoms with van der Waals surface area (Å²) in [6, 6.07) is 0. The SMILES string of the molecule is O=C([O-])CC(O)C(=O)[O-].[Fe].[NH4+]. The molecule has 0 aliphatic heterocycles. The minimum atomic E-state index is -1.96. The number of carbonyl (C=O) groups is 2. The molecule has 0 bridgehead atoms. The van der Waals surface area contributed by atoms with E-state index in [0.29, 0.717) is 0 Å². The van der Waals surface area contributed by atoms with Gasteiger partial charge in [-0.25, -0.2) is 0 Å². The van der Waals surface area contributed by atoms with Crippen molar-refractivity contribution in [3.05, 3.63) is 0 Å². The summed E-state index contributed by atoms with van der Waals surface area (Å²) < 4.78 is 0. The molecule has 0 aromatic heterocycles. The molecule has 0 aliphatic rings. The fraction of sp³-hybridized carbons (Fsp3) is 0.500. The number of aliphatic hydroxyl groups excluding tert-OH is 1. The number of carboxylic acid groups (broad SMARTS) is 2. The minimum absolute atomic E-state index is 0. The van der Waals surface area contributed by atoms with Crippen molar-refractivity contribution in [2.45, 2.75) is 12.5 Å². The number of aliphatic carboxylic acids is 2. The quantitative estimate of drug-likeness (QED) is 0.463. The Bertz CT molecular complexity index is 138. The molecule has 0 heterocycles. The first-order chi connectivity index (χ1) is 4.04. The summed E-state index contributed by atoms with van der Waals surface area (Å²) in [6.07, 6.45) is -2.89. The van der Waals surface area contributed by atoms with E-state index >= 15 is 0 Å². The molecule has 0 saturated heterocycles. The van der Waals surface area contributed by atoms with E-state index < -0.39 is 24.5 Å². The van der Waals surface area contributed by atoms with Gasteiger partial charge in [0.05, 0.1) is 12.1 Å². The summed E-state index contributed by atoms with van der Waals surface area (Å²) in [5.74, 6) is -3.43. The zero-order valence-electron chi connectivity index (χ0n) is 5.72. The Morgan fingerprint density at radius 1 is 1.36 bits per heavy atom. The number of aliphatic hydroxyl groups is 1. The molecule has 0 aliphatic carbocycles. The van der Waals surface area contributed by atoms with Crippen LogP contribution >= 0.6 is 0 Å². The largest absolute Gasteiger partial charge is 0.550 e. The molecular weight excluding hydrogens is 198 g/mol. The summed E-state index contributed by atoms with van der Waals surface area (Å²) in [5.41, 5.74) is 0. The maximum Gasteiger partial charge on any atom is 0.0985 e. The van der Waals surface area contributed by atoms with Gasteiger partial charge in [0.25, 0.3) is 0 Å². The van der Waals surface area contributed by atoms with Crippen LogP contribution in [0.4, 0.5) is 0 Å². The van der Waals surface area contributed by atoms with Crippen LogP contribution < -0.4 is 16.4 Å². The Morgan fingerprint density at radius 3 is 1.82 bits per heavy atom. The van der Waals surface area contributed by atoms with Crippen molar-refractivity contribution in [1.29, 1.82) is 0 Å². The average molecular weight is 206 g/mol. The van der Waals surface area contributed by atoms with Crippen LogP contribution in [0.5, 0.6) is 0 Å². The first-order valence-corrected chi connectivity index (χ1v) is 2.13. The van der Waals surface area contributed by atoms with Crippen molar-refractivity contribution in [3.8, 4) is 0 Å². The molecule has 6 nitrogen and oxygen atoms in total. The van der Waals surface area contributed by atoms with Gasteiger partial charge in [-0.05, 0) is 0 Å². The van der Waals surface area contributed by atoms with Gasteiger partial charge in [0.1, 0.15) is 0 Å². The van der Waals surface area contributed by atoms with Crippen molar-refractivity contribution >= 4 is 11.9 Å². The van der Waals surface area contributed by atoms with Crippen LogP contribution in [0.3, 0.4) is 0 Å². The van der Waals surface area contributed by atoms with E-state index in [1.165, 1.54) is 0 Å². The molecule has 1 atom stereocenters. The van der Waals surface area contributed by atoms with E-state index in [1.807, 2.05) is 0 Å². The van der Waals surface area contributed by atoms with Gasteiger partial charge >= 0.3 is 0 Å². The van der Waals surface area contributed by atoms with Crippen LogP contribution in [0, 0.1) is 0 Å². The minimum Gasteiger partial charge on any atom is -0.550 e. The number of carbonyl (C=O) groups excluding carboxylic acids is 2. The topological polar surface area (TPSA) is 137 Å². The van der Waals surface area contributed by atoms with E-state index in [9.17, 15) is 19.8 Å². The fourth-order valence-electron chi connectivity index (χ4n) is 0.241. The molecule has 0 amide bonds. The van der Waals surface area contributed by atoms with Crippen LogP contribution in [-0.4, -0.2) is 23.1 Å². The number of rotatable bonds is 3. The summed E-state index contributed by atoms with van der Waals surface area (Å²) in [6.45, 7) is 0. The molecule has 0 fully saturated rings. The fourth-order valence-corrected chi connectivity index (χ4v) is 0.241. The second kappa shape index (κ2) is 7.49. The van der Waals surface area contributed by atoms with Gasteiger partial charge in [0, 0.05) is 29.5 Å². The molecular formula is C4H8FeNO5-. The van der Waals surface area contributed by atoms with Crippen LogP contribution in [0.25, 0.3) is 0 Å². The van der Waals surface area contributed by atoms with E-state index in [1.54, 1.807) is 0 Å². The standard InChI is InChI=1S/C4H6O5.Fe.H3N/c5-2(4(8)9)1-3(6)7;;/h2,5H,1H2,(H,6,7)(H,8,9);;1H3/p-1. The van der Waals surface area contributed by atoms with Crippen LogP contribution in [0.1, 0.15) is 6.42 Å². The summed E-state index contributed by atoms with van der Waals surface area (Å²) in [4.78, 5) is 19.1. The number of quaternary nitrogens is 1. The predicted octanol–water partition coefficient (Wildman–Crippen LogP) is -3.39.